The van der Waals surface area contributed by atoms with Crippen LogP contribution in [0.3, 0.4) is 0 Å². The molecule has 3 heteroatoms. The zero-order valence-corrected chi connectivity index (χ0v) is 13.7. The molecule has 5 rings (SSSR count). The molecule has 1 aromatic heterocycles. The van der Waals surface area contributed by atoms with Gasteiger partial charge >= 0.3 is 0 Å². The van der Waals surface area contributed by atoms with Crippen LogP contribution < -0.4 is 5.73 Å². The highest BCUT2D eigenvalue weighted by molar-refractivity contribution is 5.44. The minimum absolute atomic E-state index is 0.220. The Kier molecular flexibility index (Phi) is 2.64. The van der Waals surface area contributed by atoms with Crippen LogP contribution in [0.25, 0.3) is 0 Å². The van der Waals surface area contributed by atoms with Gasteiger partial charge in [-0.3, -0.25) is 0 Å². The molecule has 4 saturated carbocycles. The van der Waals surface area contributed by atoms with Crippen molar-refractivity contribution in [2.24, 2.45) is 16.7 Å². The van der Waals surface area contributed by atoms with E-state index in [1.807, 2.05) is 0 Å². The average molecular weight is 288 g/mol. The topological polar surface area (TPSA) is 52.0 Å². The van der Waals surface area contributed by atoms with Crippen molar-refractivity contribution < 1.29 is 4.52 Å². The lowest BCUT2D eigenvalue weighted by Gasteiger charge is -2.64. The van der Waals surface area contributed by atoms with E-state index in [2.05, 4.69) is 25.9 Å². The summed E-state index contributed by atoms with van der Waals surface area (Å²) in [4.78, 5) is 0. The summed E-state index contributed by atoms with van der Waals surface area (Å²) in [6.07, 6.45) is 10.2. The molecule has 0 amide bonds. The second-order valence-corrected chi connectivity index (χ2v) is 9.04. The normalized spacial score (nSPS) is 44.4. The molecule has 4 aliphatic rings. The molecule has 0 aromatic carbocycles. The van der Waals surface area contributed by atoms with Crippen LogP contribution in [-0.2, 0) is 11.8 Å². The first-order valence-electron chi connectivity index (χ1n) is 8.62. The third kappa shape index (κ3) is 1.89. The maximum absolute atomic E-state index is 6.11. The van der Waals surface area contributed by atoms with Crippen LogP contribution in [-0.4, -0.2) is 5.16 Å². The van der Waals surface area contributed by atoms with E-state index in [4.69, 9.17) is 10.3 Å². The first-order chi connectivity index (χ1) is 9.87. The Bertz CT molecular complexity index is 558. The maximum Gasteiger partial charge on any atom is 0.170 e. The average Bonchev–Trinajstić information content (AvgIpc) is 2.67. The Hall–Kier alpha value is -0.990. The molecule has 4 aliphatic carbocycles. The molecule has 2 N–H and O–H groups in total. The van der Waals surface area contributed by atoms with Crippen molar-refractivity contribution in [3.8, 4) is 0 Å². The molecule has 1 aromatic rings. The minimum Gasteiger partial charge on any atom is -0.381 e. The fourth-order valence-electron chi connectivity index (χ4n) is 6.93. The lowest BCUT2D eigenvalue weighted by atomic mass is 9.40. The SMILES string of the molecule is CCCc1c(N)noc1C12CC3CC(C)(CC(C)(C3)C1)C2. The largest absolute Gasteiger partial charge is 0.381 e. The second kappa shape index (κ2) is 4.05. The lowest BCUT2D eigenvalue weighted by Crippen LogP contribution is -2.57. The Balaban J connectivity index is 1.81. The van der Waals surface area contributed by atoms with Crippen LogP contribution in [0.2, 0.25) is 0 Å². The van der Waals surface area contributed by atoms with Gasteiger partial charge in [0.1, 0.15) is 5.76 Å². The van der Waals surface area contributed by atoms with Gasteiger partial charge < -0.3 is 10.3 Å². The van der Waals surface area contributed by atoms with Gasteiger partial charge in [-0.05, 0) is 61.7 Å². The molecule has 2 atom stereocenters. The third-order valence-corrected chi connectivity index (χ3v) is 6.43. The summed E-state index contributed by atoms with van der Waals surface area (Å²) < 4.78 is 5.85. The standard InChI is InChI=1S/C18H28N2O/c1-4-5-13-14(21-20-15(13)19)18-8-12-6-16(2,10-18)9-17(3,7-12)11-18/h12H,4-11H2,1-3H3,(H2,19,20). The zero-order chi connectivity index (χ0) is 14.9. The molecule has 3 nitrogen and oxygen atoms in total. The van der Waals surface area contributed by atoms with E-state index in [9.17, 15) is 0 Å². The van der Waals surface area contributed by atoms with Gasteiger partial charge in [0, 0.05) is 11.0 Å². The van der Waals surface area contributed by atoms with Gasteiger partial charge in [-0.2, -0.15) is 0 Å². The van der Waals surface area contributed by atoms with Gasteiger partial charge in [-0.15, -0.1) is 0 Å². The van der Waals surface area contributed by atoms with Crippen molar-refractivity contribution >= 4 is 5.82 Å². The molecule has 4 bridgehead atoms. The van der Waals surface area contributed by atoms with Crippen molar-refractivity contribution in [2.45, 2.75) is 77.6 Å². The van der Waals surface area contributed by atoms with E-state index in [-0.39, 0.29) is 5.41 Å². The number of anilines is 1. The van der Waals surface area contributed by atoms with Gasteiger partial charge in [-0.1, -0.05) is 32.3 Å². The number of hydrogen-bond donors (Lipinski definition) is 1. The smallest absolute Gasteiger partial charge is 0.170 e. The summed E-state index contributed by atoms with van der Waals surface area (Å²) in [7, 11) is 0. The minimum atomic E-state index is 0.220. The molecule has 21 heavy (non-hydrogen) atoms. The summed E-state index contributed by atoms with van der Waals surface area (Å²) in [5.74, 6) is 2.67. The van der Waals surface area contributed by atoms with E-state index >= 15 is 0 Å². The molecule has 0 spiro atoms. The summed E-state index contributed by atoms with van der Waals surface area (Å²) in [5.41, 5.74) is 8.54. The second-order valence-electron chi connectivity index (χ2n) is 9.04. The van der Waals surface area contributed by atoms with Crippen molar-refractivity contribution in [3.63, 3.8) is 0 Å². The summed E-state index contributed by atoms with van der Waals surface area (Å²) >= 11 is 0. The Morgan fingerprint density at radius 1 is 1.14 bits per heavy atom. The quantitative estimate of drug-likeness (QED) is 0.893. The van der Waals surface area contributed by atoms with Crippen LogP contribution in [0.5, 0.6) is 0 Å². The summed E-state index contributed by atoms with van der Waals surface area (Å²) in [6.45, 7) is 7.21. The summed E-state index contributed by atoms with van der Waals surface area (Å²) in [6, 6.07) is 0. The Morgan fingerprint density at radius 2 is 1.81 bits per heavy atom. The van der Waals surface area contributed by atoms with Crippen molar-refractivity contribution in [2.75, 3.05) is 5.73 Å². The van der Waals surface area contributed by atoms with Gasteiger partial charge in [0.2, 0.25) is 0 Å². The van der Waals surface area contributed by atoms with E-state index < -0.39 is 0 Å². The zero-order valence-electron chi connectivity index (χ0n) is 13.7. The molecule has 0 radical (unpaired) electrons. The molecule has 4 fully saturated rings. The van der Waals surface area contributed by atoms with E-state index in [0.717, 1.165) is 24.5 Å². The number of nitrogen functional groups attached to an aromatic ring is 1. The Morgan fingerprint density at radius 3 is 2.38 bits per heavy atom. The van der Waals surface area contributed by atoms with E-state index in [0.29, 0.717) is 16.6 Å². The highest BCUT2D eigenvalue weighted by atomic mass is 16.5. The first-order valence-corrected chi connectivity index (χ1v) is 8.62. The van der Waals surface area contributed by atoms with Crippen LogP contribution in [0.4, 0.5) is 5.82 Å². The highest BCUT2D eigenvalue weighted by Crippen LogP contribution is 2.70. The van der Waals surface area contributed by atoms with Crippen molar-refractivity contribution in [1.29, 1.82) is 0 Å². The van der Waals surface area contributed by atoms with E-state index in [1.165, 1.54) is 44.1 Å². The monoisotopic (exact) mass is 288 g/mol. The molecule has 2 unspecified atom stereocenters. The van der Waals surface area contributed by atoms with Crippen LogP contribution in [0, 0.1) is 16.7 Å². The first kappa shape index (κ1) is 13.7. The molecule has 116 valence electrons. The van der Waals surface area contributed by atoms with Gasteiger partial charge in [0.05, 0.1) is 0 Å². The number of aromatic nitrogens is 1. The molecular weight excluding hydrogens is 260 g/mol. The fourth-order valence-corrected chi connectivity index (χ4v) is 6.93. The lowest BCUT2D eigenvalue weighted by molar-refractivity contribution is -0.117. The number of rotatable bonds is 3. The highest BCUT2D eigenvalue weighted by Gasteiger charge is 2.62. The number of hydrogen-bond acceptors (Lipinski definition) is 3. The van der Waals surface area contributed by atoms with E-state index in [1.54, 1.807) is 0 Å². The number of nitrogens with two attached hydrogens (primary N) is 1. The van der Waals surface area contributed by atoms with Gasteiger partial charge in [0.15, 0.2) is 5.82 Å². The maximum atomic E-state index is 6.11. The molecule has 0 saturated heterocycles. The number of nitrogens with zero attached hydrogens (tertiary/aromatic N) is 1. The van der Waals surface area contributed by atoms with Gasteiger partial charge in [0.25, 0.3) is 0 Å². The van der Waals surface area contributed by atoms with Crippen molar-refractivity contribution in [1.82, 2.24) is 5.16 Å². The van der Waals surface area contributed by atoms with Crippen LogP contribution in [0.15, 0.2) is 4.52 Å². The van der Waals surface area contributed by atoms with Crippen LogP contribution in [0.1, 0.15) is 77.0 Å². The van der Waals surface area contributed by atoms with Gasteiger partial charge in [-0.25, -0.2) is 0 Å². The molecule has 0 aliphatic heterocycles. The molecule has 1 heterocycles. The Labute approximate surface area is 127 Å². The predicted molar refractivity (Wildman–Crippen MR) is 84.0 cm³/mol. The predicted octanol–water partition coefficient (Wildman–Crippen LogP) is 4.46. The molecular formula is C18H28N2O. The summed E-state index contributed by atoms with van der Waals surface area (Å²) in [5, 5.41) is 4.14. The third-order valence-electron chi connectivity index (χ3n) is 6.43. The van der Waals surface area contributed by atoms with Crippen LogP contribution >= 0.6 is 0 Å². The van der Waals surface area contributed by atoms with Crippen molar-refractivity contribution in [3.05, 3.63) is 11.3 Å². The fraction of sp³-hybridized carbons (Fsp3) is 0.833.